The molecule has 0 bridgehead atoms. The van der Waals surface area contributed by atoms with Gasteiger partial charge >= 0.3 is 0 Å². The molecule has 0 aliphatic carbocycles. The van der Waals surface area contributed by atoms with Crippen LogP contribution in [0.5, 0.6) is 5.75 Å². The number of anilines is 1. The number of rotatable bonds is 8. The molecule has 2 rings (SSSR count). The van der Waals surface area contributed by atoms with Gasteiger partial charge in [-0.1, -0.05) is 36.4 Å². The van der Waals surface area contributed by atoms with Crippen LogP contribution in [-0.2, 0) is 17.9 Å². The van der Waals surface area contributed by atoms with E-state index in [2.05, 4.69) is 10.6 Å². The second kappa shape index (κ2) is 8.92. The lowest BCUT2D eigenvalue weighted by molar-refractivity contribution is -0.114. The molecule has 0 saturated heterocycles. The molecule has 0 fully saturated rings. The largest absolute Gasteiger partial charge is 0.491 e. The third-order valence-corrected chi connectivity index (χ3v) is 3.28. The minimum absolute atomic E-state index is 0.00808. The molecule has 2 aromatic rings. The van der Waals surface area contributed by atoms with Crippen LogP contribution in [0.3, 0.4) is 0 Å². The fourth-order valence-corrected chi connectivity index (χ4v) is 2.26. The third kappa shape index (κ3) is 5.39. The average Bonchev–Trinajstić information content (AvgIpc) is 2.55. The van der Waals surface area contributed by atoms with Crippen molar-refractivity contribution in [2.24, 2.45) is 0 Å². The molecule has 3 N–H and O–H groups in total. The smallest absolute Gasteiger partial charge is 0.221 e. The first-order chi connectivity index (χ1) is 11.2. The van der Waals surface area contributed by atoms with Crippen molar-refractivity contribution in [3.63, 3.8) is 0 Å². The van der Waals surface area contributed by atoms with Gasteiger partial charge in [-0.15, -0.1) is 0 Å². The Balaban J connectivity index is 1.96. The number of nitrogens with one attached hydrogen (secondary N) is 2. The van der Waals surface area contributed by atoms with E-state index < -0.39 is 0 Å². The van der Waals surface area contributed by atoms with E-state index in [9.17, 15) is 4.79 Å². The van der Waals surface area contributed by atoms with Crippen molar-refractivity contribution in [1.29, 1.82) is 0 Å². The number of ether oxygens (including phenoxy) is 1. The molecule has 0 saturated carbocycles. The molecule has 0 atom stereocenters. The van der Waals surface area contributed by atoms with Crippen molar-refractivity contribution in [3.05, 3.63) is 59.7 Å². The molecule has 5 heteroatoms. The molecule has 1 amide bonds. The number of amides is 1. The van der Waals surface area contributed by atoms with Crippen LogP contribution in [0, 0.1) is 0 Å². The highest BCUT2D eigenvalue weighted by atomic mass is 16.5. The van der Waals surface area contributed by atoms with E-state index in [4.69, 9.17) is 9.84 Å². The molecule has 0 aliphatic heterocycles. The average molecular weight is 314 g/mol. The normalized spacial score (nSPS) is 10.3. The van der Waals surface area contributed by atoms with E-state index in [1.807, 2.05) is 48.5 Å². The standard InChI is InChI=1S/C18H22N2O3/c1-14(22)20-17-8-4-2-6-15(17)12-19-13-16-7-3-5-9-18(16)23-11-10-21/h2-9,19,21H,10-13H2,1H3,(H,20,22). The van der Waals surface area contributed by atoms with Crippen molar-refractivity contribution in [3.8, 4) is 5.75 Å². The van der Waals surface area contributed by atoms with E-state index in [0.717, 1.165) is 22.6 Å². The first kappa shape index (κ1) is 17.0. The van der Waals surface area contributed by atoms with Gasteiger partial charge in [0.1, 0.15) is 12.4 Å². The van der Waals surface area contributed by atoms with Crippen LogP contribution in [0.15, 0.2) is 48.5 Å². The lowest BCUT2D eigenvalue weighted by Gasteiger charge is -2.13. The Kier molecular flexibility index (Phi) is 6.59. The molecule has 0 radical (unpaired) electrons. The Labute approximate surface area is 136 Å². The molecule has 0 unspecified atom stereocenters. The van der Waals surface area contributed by atoms with Gasteiger partial charge in [0.15, 0.2) is 0 Å². The van der Waals surface area contributed by atoms with E-state index in [1.165, 1.54) is 6.92 Å². The van der Waals surface area contributed by atoms with Crippen molar-refractivity contribution < 1.29 is 14.6 Å². The highest BCUT2D eigenvalue weighted by Crippen LogP contribution is 2.19. The minimum Gasteiger partial charge on any atom is -0.491 e. The van der Waals surface area contributed by atoms with Crippen LogP contribution >= 0.6 is 0 Å². The topological polar surface area (TPSA) is 70.6 Å². The van der Waals surface area contributed by atoms with Gasteiger partial charge in [-0.25, -0.2) is 0 Å². The molecule has 0 spiro atoms. The van der Waals surface area contributed by atoms with Gasteiger partial charge in [-0.2, -0.15) is 0 Å². The maximum atomic E-state index is 11.2. The number of aliphatic hydroxyl groups excluding tert-OH is 1. The summed E-state index contributed by atoms with van der Waals surface area (Å²) in [6.45, 7) is 3.04. The summed E-state index contributed by atoms with van der Waals surface area (Å²) < 4.78 is 5.52. The Morgan fingerprint density at radius 1 is 1.04 bits per heavy atom. The number of benzene rings is 2. The van der Waals surface area contributed by atoms with Gasteiger partial charge in [-0.05, 0) is 17.7 Å². The van der Waals surface area contributed by atoms with E-state index in [0.29, 0.717) is 13.1 Å². The van der Waals surface area contributed by atoms with Crippen LogP contribution in [0.2, 0.25) is 0 Å². The van der Waals surface area contributed by atoms with Crippen LogP contribution in [0.4, 0.5) is 5.69 Å². The molecule has 5 nitrogen and oxygen atoms in total. The Hall–Kier alpha value is -2.37. The summed E-state index contributed by atoms with van der Waals surface area (Å²) >= 11 is 0. The molecular formula is C18H22N2O3. The highest BCUT2D eigenvalue weighted by molar-refractivity contribution is 5.89. The summed E-state index contributed by atoms with van der Waals surface area (Å²) in [4.78, 5) is 11.2. The summed E-state index contributed by atoms with van der Waals surface area (Å²) in [6, 6.07) is 15.4. The number of hydrogen-bond acceptors (Lipinski definition) is 4. The van der Waals surface area contributed by atoms with Gasteiger partial charge in [0.2, 0.25) is 5.91 Å². The van der Waals surface area contributed by atoms with Crippen molar-refractivity contribution in [2.75, 3.05) is 18.5 Å². The number of carbonyl (C=O) groups excluding carboxylic acids is 1. The van der Waals surface area contributed by atoms with Crippen LogP contribution in [0.25, 0.3) is 0 Å². The predicted octanol–water partition coefficient (Wildman–Crippen LogP) is 2.31. The summed E-state index contributed by atoms with van der Waals surface area (Å²) in [5.41, 5.74) is 2.87. The van der Waals surface area contributed by atoms with Crippen LogP contribution in [0.1, 0.15) is 18.1 Å². The summed E-state index contributed by atoms with van der Waals surface area (Å²) in [6.07, 6.45) is 0. The van der Waals surface area contributed by atoms with Crippen molar-refractivity contribution in [1.82, 2.24) is 5.32 Å². The summed E-state index contributed by atoms with van der Waals surface area (Å²) in [7, 11) is 0. The van der Waals surface area contributed by atoms with E-state index in [1.54, 1.807) is 0 Å². The van der Waals surface area contributed by atoms with E-state index in [-0.39, 0.29) is 19.1 Å². The monoisotopic (exact) mass is 314 g/mol. The maximum Gasteiger partial charge on any atom is 0.221 e. The highest BCUT2D eigenvalue weighted by Gasteiger charge is 2.05. The molecule has 0 heterocycles. The zero-order chi connectivity index (χ0) is 16.5. The molecule has 2 aromatic carbocycles. The first-order valence-corrected chi connectivity index (χ1v) is 7.58. The van der Waals surface area contributed by atoms with Gasteiger partial charge in [0.25, 0.3) is 0 Å². The molecular weight excluding hydrogens is 292 g/mol. The first-order valence-electron chi connectivity index (χ1n) is 7.58. The van der Waals surface area contributed by atoms with Gasteiger partial charge < -0.3 is 20.5 Å². The molecule has 122 valence electrons. The van der Waals surface area contributed by atoms with Gasteiger partial charge in [-0.3, -0.25) is 4.79 Å². The quantitative estimate of drug-likeness (QED) is 0.699. The Morgan fingerprint density at radius 2 is 1.70 bits per heavy atom. The maximum absolute atomic E-state index is 11.2. The lowest BCUT2D eigenvalue weighted by Crippen LogP contribution is -2.16. The Bertz CT molecular complexity index is 644. The zero-order valence-corrected chi connectivity index (χ0v) is 13.2. The summed E-state index contributed by atoms with van der Waals surface area (Å²) in [5.74, 6) is 0.685. The van der Waals surface area contributed by atoms with Gasteiger partial charge in [0, 0.05) is 31.3 Å². The molecule has 0 aliphatic rings. The minimum atomic E-state index is -0.0831. The fourth-order valence-electron chi connectivity index (χ4n) is 2.26. The number of hydrogen-bond donors (Lipinski definition) is 3. The number of para-hydroxylation sites is 2. The van der Waals surface area contributed by atoms with Gasteiger partial charge in [0.05, 0.1) is 6.61 Å². The summed E-state index contributed by atoms with van der Waals surface area (Å²) in [5, 5.41) is 15.1. The predicted molar refractivity (Wildman–Crippen MR) is 90.3 cm³/mol. The van der Waals surface area contributed by atoms with Crippen LogP contribution in [-0.4, -0.2) is 24.2 Å². The van der Waals surface area contributed by atoms with Crippen molar-refractivity contribution in [2.45, 2.75) is 20.0 Å². The number of carbonyl (C=O) groups is 1. The Morgan fingerprint density at radius 3 is 2.43 bits per heavy atom. The molecule has 23 heavy (non-hydrogen) atoms. The van der Waals surface area contributed by atoms with E-state index >= 15 is 0 Å². The fraction of sp³-hybridized carbons (Fsp3) is 0.278. The lowest BCUT2D eigenvalue weighted by atomic mass is 10.1. The third-order valence-electron chi connectivity index (χ3n) is 3.28. The zero-order valence-electron chi connectivity index (χ0n) is 13.2. The SMILES string of the molecule is CC(=O)Nc1ccccc1CNCc1ccccc1OCCO. The van der Waals surface area contributed by atoms with Crippen molar-refractivity contribution >= 4 is 11.6 Å². The number of aliphatic hydroxyl groups is 1. The second-order valence-electron chi connectivity index (χ2n) is 5.12. The van der Waals surface area contributed by atoms with Crippen LogP contribution < -0.4 is 15.4 Å². The molecule has 0 aromatic heterocycles. The second-order valence-corrected chi connectivity index (χ2v) is 5.12.